The van der Waals surface area contributed by atoms with E-state index < -0.39 is 30.8 Å². The maximum atomic E-state index is 12.7. The zero-order valence-corrected chi connectivity index (χ0v) is 16.1. The monoisotopic (exact) mass is 330 g/mol. The van der Waals surface area contributed by atoms with Crippen LogP contribution < -0.4 is 0 Å². The lowest BCUT2D eigenvalue weighted by Gasteiger charge is -2.42. The van der Waals surface area contributed by atoms with Crippen molar-refractivity contribution in [1.29, 1.82) is 0 Å². The Bertz CT molecular complexity index is 422. The van der Waals surface area contributed by atoms with Gasteiger partial charge in [-0.2, -0.15) is 0 Å². The summed E-state index contributed by atoms with van der Waals surface area (Å²) < 4.78 is 15.7. The Kier molecular flexibility index (Phi) is 5.50. The van der Waals surface area contributed by atoms with Gasteiger partial charge in [-0.1, -0.05) is 39.5 Å². The smallest absolute Gasteiger partial charge is 0.324 e. The van der Waals surface area contributed by atoms with Crippen molar-refractivity contribution in [2.24, 2.45) is 16.7 Å². The molecule has 0 aliphatic heterocycles. The van der Waals surface area contributed by atoms with Gasteiger partial charge in [0, 0.05) is 20.6 Å². The summed E-state index contributed by atoms with van der Waals surface area (Å²) in [7, 11) is 2.78. The molecule has 0 unspecified atom stereocenters. The van der Waals surface area contributed by atoms with Crippen molar-refractivity contribution in [3.63, 3.8) is 0 Å². The van der Waals surface area contributed by atoms with E-state index >= 15 is 0 Å². The average Bonchev–Trinajstić information content (AvgIpc) is 2.63. The molecule has 1 saturated carbocycles. The Morgan fingerprint density at radius 2 is 1.50 bits per heavy atom. The van der Waals surface area contributed by atoms with Crippen molar-refractivity contribution in [1.82, 2.24) is 0 Å². The van der Waals surface area contributed by atoms with Crippen LogP contribution >= 0.6 is 0 Å². The third-order valence-corrected chi connectivity index (χ3v) is 6.81. The molecule has 0 aromatic rings. The van der Waals surface area contributed by atoms with Crippen molar-refractivity contribution in [2.75, 3.05) is 21.3 Å². The summed E-state index contributed by atoms with van der Waals surface area (Å²) in [6.07, 6.45) is 0.477. The first-order valence-corrected chi connectivity index (χ1v) is 11.4. The molecule has 0 N–H and O–H groups in total. The van der Waals surface area contributed by atoms with Crippen molar-refractivity contribution in [3.05, 3.63) is 0 Å². The standard InChI is InChI=1S/C16H30O5Si/c1-15(2)12(19-3)9-11(10-22(6,7)8)16(15,13(17)20-4)14(18)21-5/h11-12H,9-10H2,1-8H3/t11-,12+/m1/s1. The summed E-state index contributed by atoms with van der Waals surface area (Å²) in [6.45, 7) is 10.5. The van der Waals surface area contributed by atoms with E-state index in [0.29, 0.717) is 6.42 Å². The topological polar surface area (TPSA) is 61.8 Å². The maximum absolute atomic E-state index is 12.7. The average molecular weight is 330 g/mol. The predicted octanol–water partition coefficient (Wildman–Crippen LogP) is 2.72. The Morgan fingerprint density at radius 1 is 1.05 bits per heavy atom. The number of carbonyl (C=O) groups is 2. The number of esters is 2. The van der Waals surface area contributed by atoms with Gasteiger partial charge in [-0.25, -0.2) is 0 Å². The summed E-state index contributed by atoms with van der Waals surface area (Å²) in [6, 6.07) is 0.848. The van der Waals surface area contributed by atoms with Crippen LogP contribution in [0, 0.1) is 16.7 Å². The molecule has 0 aromatic carbocycles. The number of carbonyl (C=O) groups excluding carboxylic acids is 2. The maximum Gasteiger partial charge on any atom is 0.324 e. The van der Waals surface area contributed by atoms with Crippen LogP contribution in [-0.2, 0) is 23.8 Å². The Hall–Kier alpha value is -0.883. The first kappa shape index (κ1) is 19.2. The van der Waals surface area contributed by atoms with Crippen LogP contribution in [0.15, 0.2) is 0 Å². The van der Waals surface area contributed by atoms with Crippen molar-refractivity contribution in [2.45, 2.75) is 52.1 Å². The summed E-state index contributed by atoms with van der Waals surface area (Å²) in [5.41, 5.74) is -2.00. The SMILES string of the molecule is COC(=O)C1(C(=O)OC)[C@@H](C[Si](C)(C)C)C[C@H](OC)C1(C)C. The van der Waals surface area contributed by atoms with E-state index in [0.717, 1.165) is 6.04 Å². The van der Waals surface area contributed by atoms with Crippen LogP contribution in [0.3, 0.4) is 0 Å². The molecular formula is C16H30O5Si. The minimum atomic E-state index is -1.50. The van der Waals surface area contributed by atoms with Gasteiger partial charge in [0.25, 0.3) is 0 Å². The molecule has 0 amide bonds. The first-order chi connectivity index (χ1) is 9.98. The van der Waals surface area contributed by atoms with Gasteiger partial charge in [0.05, 0.1) is 20.3 Å². The third kappa shape index (κ3) is 2.83. The molecule has 1 aliphatic carbocycles. The van der Waals surface area contributed by atoms with Gasteiger partial charge in [-0.3, -0.25) is 9.59 Å². The second kappa shape index (κ2) is 6.32. The number of rotatable bonds is 5. The first-order valence-electron chi connectivity index (χ1n) is 7.68. The molecule has 0 heterocycles. The Morgan fingerprint density at radius 3 is 1.82 bits per heavy atom. The van der Waals surface area contributed by atoms with Crippen LogP contribution in [0.4, 0.5) is 0 Å². The van der Waals surface area contributed by atoms with Gasteiger partial charge in [0.2, 0.25) is 0 Å². The highest BCUT2D eigenvalue weighted by Crippen LogP contribution is 2.60. The van der Waals surface area contributed by atoms with E-state index in [9.17, 15) is 9.59 Å². The largest absolute Gasteiger partial charge is 0.468 e. The molecule has 0 radical (unpaired) electrons. The normalized spacial score (nSPS) is 26.5. The van der Waals surface area contributed by atoms with E-state index in [4.69, 9.17) is 14.2 Å². The molecule has 0 saturated heterocycles. The lowest BCUT2D eigenvalue weighted by Crippen LogP contribution is -2.55. The molecule has 0 bridgehead atoms. The highest BCUT2D eigenvalue weighted by atomic mass is 28.3. The van der Waals surface area contributed by atoms with Crippen molar-refractivity contribution < 1.29 is 23.8 Å². The summed E-state index contributed by atoms with van der Waals surface area (Å²) in [4.78, 5) is 25.5. The van der Waals surface area contributed by atoms with Crippen LogP contribution in [-0.4, -0.2) is 47.4 Å². The third-order valence-electron chi connectivity index (χ3n) is 5.09. The summed E-state index contributed by atoms with van der Waals surface area (Å²) >= 11 is 0. The molecular weight excluding hydrogens is 300 g/mol. The zero-order chi connectivity index (χ0) is 17.3. The number of hydrogen-bond donors (Lipinski definition) is 0. The van der Waals surface area contributed by atoms with E-state index in [-0.39, 0.29) is 12.0 Å². The van der Waals surface area contributed by atoms with E-state index in [1.54, 1.807) is 7.11 Å². The second-order valence-electron chi connectivity index (χ2n) is 7.93. The molecule has 6 heteroatoms. The lowest BCUT2D eigenvalue weighted by molar-refractivity contribution is -0.183. The molecule has 0 aromatic heterocycles. The highest BCUT2D eigenvalue weighted by molar-refractivity contribution is 6.76. The van der Waals surface area contributed by atoms with Crippen LogP contribution in [0.5, 0.6) is 0 Å². The Labute approximate surface area is 134 Å². The van der Waals surface area contributed by atoms with Gasteiger partial charge in [0.15, 0.2) is 5.41 Å². The van der Waals surface area contributed by atoms with Crippen LogP contribution in [0.1, 0.15) is 20.3 Å². The van der Waals surface area contributed by atoms with Gasteiger partial charge in [-0.15, -0.1) is 0 Å². The molecule has 1 rings (SSSR count). The molecule has 1 fully saturated rings. The fraction of sp³-hybridized carbons (Fsp3) is 0.875. The minimum Gasteiger partial charge on any atom is -0.468 e. The highest BCUT2D eigenvalue weighted by Gasteiger charge is 2.70. The summed E-state index contributed by atoms with van der Waals surface area (Å²) in [5, 5.41) is 0. The fourth-order valence-corrected chi connectivity index (χ4v) is 6.09. The van der Waals surface area contributed by atoms with Crippen molar-refractivity contribution in [3.8, 4) is 0 Å². The van der Waals surface area contributed by atoms with Gasteiger partial charge in [-0.05, 0) is 12.3 Å². The number of hydrogen-bond acceptors (Lipinski definition) is 5. The Balaban J connectivity index is 3.52. The number of ether oxygens (including phenoxy) is 3. The van der Waals surface area contributed by atoms with Gasteiger partial charge in [0.1, 0.15) is 0 Å². The molecule has 2 atom stereocenters. The molecule has 0 spiro atoms. The zero-order valence-electron chi connectivity index (χ0n) is 15.1. The molecule has 1 aliphatic rings. The van der Waals surface area contributed by atoms with Gasteiger partial charge >= 0.3 is 11.9 Å². The molecule has 22 heavy (non-hydrogen) atoms. The second-order valence-corrected chi connectivity index (χ2v) is 13.5. The predicted molar refractivity (Wildman–Crippen MR) is 87.3 cm³/mol. The molecule has 128 valence electrons. The lowest BCUT2D eigenvalue weighted by atomic mass is 9.63. The molecule has 5 nitrogen and oxygen atoms in total. The van der Waals surface area contributed by atoms with E-state index in [1.165, 1.54) is 14.2 Å². The van der Waals surface area contributed by atoms with Crippen molar-refractivity contribution >= 4 is 20.0 Å². The van der Waals surface area contributed by atoms with Crippen LogP contribution in [0.2, 0.25) is 25.7 Å². The van der Waals surface area contributed by atoms with Crippen LogP contribution in [0.25, 0.3) is 0 Å². The quantitative estimate of drug-likeness (QED) is 0.441. The number of methoxy groups -OCH3 is 3. The van der Waals surface area contributed by atoms with E-state index in [1.807, 2.05) is 13.8 Å². The van der Waals surface area contributed by atoms with Gasteiger partial charge < -0.3 is 14.2 Å². The summed E-state index contributed by atoms with van der Waals surface area (Å²) in [5.74, 6) is -1.14. The van der Waals surface area contributed by atoms with E-state index in [2.05, 4.69) is 19.6 Å². The minimum absolute atomic E-state index is 0.126. The fourth-order valence-electron chi connectivity index (χ4n) is 4.14.